The van der Waals surface area contributed by atoms with Gasteiger partial charge in [0.05, 0.1) is 29.5 Å². The molecule has 1 heterocycles. The Kier molecular flexibility index (Phi) is 11.1. The molecule has 0 radical (unpaired) electrons. The van der Waals surface area contributed by atoms with E-state index in [1.807, 2.05) is 13.8 Å². The third-order valence-electron chi connectivity index (χ3n) is 6.54. The smallest absolute Gasteiger partial charge is 0.264 e. The lowest BCUT2D eigenvalue weighted by atomic mass is 10.2. The van der Waals surface area contributed by atoms with Crippen LogP contribution in [0.4, 0.5) is 5.69 Å². The molecule has 2 amide bonds. The maximum absolute atomic E-state index is 13.6. The minimum Gasteiger partial charge on any atom is -0.494 e. The van der Waals surface area contributed by atoms with Crippen molar-refractivity contribution < 1.29 is 32.2 Å². The number of hydrogen-bond donors (Lipinski definition) is 2. The molecule has 0 bridgehead atoms. The summed E-state index contributed by atoms with van der Waals surface area (Å²) in [6.07, 6.45) is 3.44. The molecule has 3 aromatic rings. The highest BCUT2D eigenvalue weighted by atomic mass is 32.2. The van der Waals surface area contributed by atoms with Crippen LogP contribution in [0.2, 0.25) is 0 Å². The van der Waals surface area contributed by atoms with E-state index in [4.69, 9.17) is 14.2 Å². The second-order valence-corrected chi connectivity index (χ2v) is 11.7. The fraction of sp³-hybridized carbons (Fsp3) is 0.323. The van der Waals surface area contributed by atoms with E-state index in [0.717, 1.165) is 29.3 Å². The van der Waals surface area contributed by atoms with Crippen molar-refractivity contribution >= 4 is 33.7 Å². The van der Waals surface area contributed by atoms with Gasteiger partial charge in [0.15, 0.2) is 6.61 Å². The van der Waals surface area contributed by atoms with Gasteiger partial charge in [0.25, 0.3) is 21.8 Å². The number of nitrogens with zero attached hydrogens (tertiary/aromatic N) is 2. The Morgan fingerprint density at radius 2 is 1.65 bits per heavy atom. The van der Waals surface area contributed by atoms with E-state index < -0.39 is 22.5 Å². The van der Waals surface area contributed by atoms with Crippen molar-refractivity contribution in [3.05, 3.63) is 83.9 Å². The van der Waals surface area contributed by atoms with Gasteiger partial charge >= 0.3 is 0 Å². The largest absolute Gasteiger partial charge is 0.494 e. The normalized spacial score (nSPS) is 14.8. The van der Waals surface area contributed by atoms with Gasteiger partial charge in [-0.1, -0.05) is 17.7 Å². The van der Waals surface area contributed by atoms with Crippen LogP contribution >= 0.6 is 0 Å². The van der Waals surface area contributed by atoms with Gasteiger partial charge in [0.1, 0.15) is 18.0 Å². The van der Waals surface area contributed by atoms with Crippen molar-refractivity contribution in [1.29, 1.82) is 0 Å². The van der Waals surface area contributed by atoms with E-state index in [0.29, 0.717) is 35.9 Å². The molecule has 1 aliphatic rings. The zero-order valence-electron chi connectivity index (χ0n) is 24.2. The number of rotatable bonds is 14. The molecule has 0 unspecified atom stereocenters. The van der Waals surface area contributed by atoms with Gasteiger partial charge in [-0.25, -0.2) is 13.8 Å². The highest BCUT2D eigenvalue weighted by Crippen LogP contribution is 2.25. The molecule has 4 rings (SSSR count). The Morgan fingerprint density at radius 1 is 0.977 bits per heavy atom. The maximum Gasteiger partial charge on any atom is 0.264 e. The first kappa shape index (κ1) is 31.5. The number of amides is 2. The van der Waals surface area contributed by atoms with Crippen LogP contribution in [0.25, 0.3) is 0 Å². The Balaban J connectivity index is 1.33. The minimum atomic E-state index is -4.08. The lowest BCUT2D eigenvalue weighted by Crippen LogP contribution is -2.39. The third-order valence-corrected chi connectivity index (χ3v) is 8.32. The van der Waals surface area contributed by atoms with Crippen LogP contribution in [0.1, 0.15) is 30.9 Å². The summed E-state index contributed by atoms with van der Waals surface area (Å²) in [5, 5.41) is 6.78. The van der Waals surface area contributed by atoms with E-state index in [1.54, 1.807) is 60.7 Å². The topological polar surface area (TPSA) is 136 Å². The first-order chi connectivity index (χ1) is 20.7. The number of hydrogen-bond acceptors (Lipinski definition) is 8. The number of ether oxygens (including phenoxy) is 3. The number of aryl methyl sites for hydroxylation is 1. The second kappa shape index (κ2) is 15.2. The summed E-state index contributed by atoms with van der Waals surface area (Å²) in [5.41, 5.74) is 4.35. The van der Waals surface area contributed by atoms with Gasteiger partial charge in [-0.05, 0) is 92.9 Å². The summed E-state index contributed by atoms with van der Waals surface area (Å²) in [4.78, 5) is 24.9. The Hall–Kier alpha value is -4.42. The molecule has 1 aliphatic heterocycles. The number of sulfonamides is 1. The predicted molar refractivity (Wildman–Crippen MR) is 163 cm³/mol. The number of carbonyl (C=O) groups excluding carboxylic acids is 2. The Bertz CT molecular complexity index is 1490. The molecule has 228 valence electrons. The minimum absolute atomic E-state index is 0.0236. The predicted octanol–water partition coefficient (Wildman–Crippen LogP) is 3.41. The van der Waals surface area contributed by atoms with Crippen LogP contribution in [-0.4, -0.2) is 65.5 Å². The Labute approximate surface area is 251 Å². The fourth-order valence-electron chi connectivity index (χ4n) is 4.26. The van der Waals surface area contributed by atoms with E-state index >= 15 is 0 Å². The highest BCUT2D eigenvalue weighted by Gasteiger charge is 2.27. The van der Waals surface area contributed by atoms with Crippen LogP contribution in [0.3, 0.4) is 0 Å². The van der Waals surface area contributed by atoms with Crippen LogP contribution < -0.4 is 24.5 Å². The molecule has 0 saturated carbocycles. The molecule has 0 aromatic heterocycles. The van der Waals surface area contributed by atoms with Crippen molar-refractivity contribution in [3.63, 3.8) is 0 Å². The van der Waals surface area contributed by atoms with Crippen molar-refractivity contribution in [2.24, 2.45) is 5.10 Å². The molecular weight excluding hydrogens is 572 g/mol. The lowest BCUT2D eigenvalue weighted by molar-refractivity contribution is -0.123. The number of carbonyl (C=O) groups is 2. The highest BCUT2D eigenvalue weighted by molar-refractivity contribution is 7.92. The molecule has 43 heavy (non-hydrogen) atoms. The SMILES string of the molecule is CCOc1ccc(S(=O)(=O)N(CC(=O)N/N=C\c2ccc(OCC(=O)NC[C@H]3CCCO3)cc2)c2ccc(C)cc2)cc1. The van der Waals surface area contributed by atoms with E-state index in [2.05, 4.69) is 15.8 Å². The van der Waals surface area contributed by atoms with E-state index in [9.17, 15) is 18.0 Å². The average Bonchev–Trinajstić information content (AvgIpc) is 3.53. The molecule has 11 nitrogen and oxygen atoms in total. The summed E-state index contributed by atoms with van der Waals surface area (Å²) in [6, 6.07) is 19.7. The van der Waals surface area contributed by atoms with Gasteiger partial charge < -0.3 is 19.5 Å². The summed E-state index contributed by atoms with van der Waals surface area (Å²) < 4.78 is 44.6. The standard InChI is InChI=1S/C31H36N4O7S/c1-3-40-26-14-16-29(17-15-26)43(38,39)35(25-10-6-23(2)7-11-25)21-30(36)34-33-19-24-8-12-27(13-9-24)42-22-31(37)32-20-28-5-4-18-41-28/h6-17,19,28H,3-5,18,20-22H2,1-2H3,(H,32,37)(H,34,36)/b33-19-/t28-/m1/s1. The molecule has 0 aliphatic carbocycles. The van der Waals surface area contributed by atoms with Crippen LogP contribution in [-0.2, 0) is 24.3 Å². The summed E-state index contributed by atoms with van der Waals surface area (Å²) in [5.74, 6) is 0.195. The fourth-order valence-corrected chi connectivity index (χ4v) is 5.68. The van der Waals surface area contributed by atoms with Crippen molar-refractivity contribution in [3.8, 4) is 11.5 Å². The average molecular weight is 609 g/mol. The van der Waals surface area contributed by atoms with Gasteiger partial charge in [-0.3, -0.25) is 13.9 Å². The van der Waals surface area contributed by atoms with E-state index in [-0.39, 0.29) is 23.5 Å². The number of hydrazone groups is 1. The molecule has 12 heteroatoms. The lowest BCUT2D eigenvalue weighted by Gasteiger charge is -2.24. The second-order valence-electron chi connectivity index (χ2n) is 9.84. The third kappa shape index (κ3) is 9.29. The molecule has 1 saturated heterocycles. The zero-order chi connectivity index (χ0) is 30.7. The molecule has 3 aromatic carbocycles. The number of anilines is 1. The summed E-state index contributed by atoms with van der Waals surface area (Å²) in [6.45, 7) is 4.78. The van der Waals surface area contributed by atoms with Crippen molar-refractivity contribution in [2.75, 3.05) is 37.2 Å². The van der Waals surface area contributed by atoms with Crippen LogP contribution in [0.5, 0.6) is 11.5 Å². The molecule has 2 N–H and O–H groups in total. The molecule has 1 atom stereocenters. The van der Waals surface area contributed by atoms with Crippen molar-refractivity contribution in [1.82, 2.24) is 10.7 Å². The zero-order valence-corrected chi connectivity index (χ0v) is 25.0. The number of nitrogens with one attached hydrogen (secondary N) is 2. The first-order valence-corrected chi connectivity index (χ1v) is 15.4. The molecule has 1 fully saturated rings. The molecule has 0 spiro atoms. The maximum atomic E-state index is 13.6. The van der Waals surface area contributed by atoms with Gasteiger partial charge in [0, 0.05) is 13.2 Å². The summed E-state index contributed by atoms with van der Waals surface area (Å²) >= 11 is 0. The van der Waals surface area contributed by atoms with Gasteiger partial charge in [-0.2, -0.15) is 5.10 Å². The van der Waals surface area contributed by atoms with Crippen molar-refractivity contribution in [2.45, 2.75) is 37.7 Å². The number of benzene rings is 3. The first-order valence-electron chi connectivity index (χ1n) is 14.0. The molecular formula is C31H36N4O7S. The van der Waals surface area contributed by atoms with E-state index in [1.165, 1.54) is 18.3 Å². The van der Waals surface area contributed by atoms with Crippen LogP contribution in [0.15, 0.2) is 82.8 Å². The quantitative estimate of drug-likeness (QED) is 0.212. The van der Waals surface area contributed by atoms with Gasteiger partial charge in [-0.15, -0.1) is 0 Å². The Morgan fingerprint density at radius 3 is 2.30 bits per heavy atom. The summed E-state index contributed by atoms with van der Waals surface area (Å²) in [7, 11) is -4.08. The van der Waals surface area contributed by atoms with Gasteiger partial charge in [0.2, 0.25) is 0 Å². The monoisotopic (exact) mass is 608 g/mol. The van der Waals surface area contributed by atoms with Crippen LogP contribution in [0, 0.1) is 6.92 Å².